The average Bonchev–Trinajstić information content (AvgIpc) is 3.32. The molecule has 3 saturated heterocycles. The van der Waals surface area contributed by atoms with Crippen molar-refractivity contribution in [1.82, 2.24) is 15.3 Å². The Balaban J connectivity index is 1.40. The molecule has 8 heteroatoms. The van der Waals surface area contributed by atoms with Gasteiger partial charge in [-0.3, -0.25) is 0 Å². The number of nitrogens with one attached hydrogen (secondary N) is 1. The second kappa shape index (κ2) is 10.0. The number of likely N-dealkylation sites (tertiary alicyclic amines) is 1. The van der Waals surface area contributed by atoms with Crippen molar-refractivity contribution in [3.8, 4) is 17.1 Å². The van der Waals surface area contributed by atoms with Gasteiger partial charge in [0.05, 0.1) is 47.4 Å². The Labute approximate surface area is 211 Å². The highest BCUT2D eigenvalue weighted by Crippen LogP contribution is 2.38. The van der Waals surface area contributed by atoms with Gasteiger partial charge >= 0.3 is 0 Å². The fraction of sp³-hybridized carbons (Fsp3) is 0.556. The van der Waals surface area contributed by atoms with Gasteiger partial charge in [0.15, 0.2) is 11.6 Å². The molecule has 2 aromatic heterocycles. The molecule has 35 heavy (non-hydrogen) atoms. The number of aromatic hydroxyl groups is 1. The number of anilines is 1. The summed E-state index contributed by atoms with van der Waals surface area (Å²) in [5.41, 5.74) is 1.88. The fourth-order valence-corrected chi connectivity index (χ4v) is 7.49. The zero-order chi connectivity index (χ0) is 23.7. The van der Waals surface area contributed by atoms with Gasteiger partial charge in [0, 0.05) is 44.6 Å². The first kappa shape index (κ1) is 23.2. The van der Waals surface area contributed by atoms with E-state index in [1.165, 1.54) is 59.3 Å². The number of phenolic OH excluding ortho intramolecular Hbond substituents is 1. The van der Waals surface area contributed by atoms with E-state index in [4.69, 9.17) is 14.7 Å². The van der Waals surface area contributed by atoms with E-state index < -0.39 is 0 Å². The smallest absolute Gasteiger partial charge is 0.162 e. The molecule has 3 aliphatic heterocycles. The predicted octanol–water partition coefficient (Wildman–Crippen LogP) is 4.15. The molecule has 0 radical (unpaired) electrons. The summed E-state index contributed by atoms with van der Waals surface area (Å²) in [6.45, 7) is 9.14. The van der Waals surface area contributed by atoms with Crippen molar-refractivity contribution in [3.63, 3.8) is 0 Å². The first-order chi connectivity index (χ1) is 17.2. The Morgan fingerprint density at radius 1 is 1.06 bits per heavy atom. The number of nitrogens with zero attached hydrogens (tertiary/aromatic N) is 4. The highest BCUT2D eigenvalue weighted by atomic mass is 32.1. The highest BCUT2D eigenvalue weighted by Gasteiger charge is 2.39. The van der Waals surface area contributed by atoms with Crippen molar-refractivity contribution in [1.29, 1.82) is 0 Å². The second-order valence-electron chi connectivity index (χ2n) is 10.3. The minimum Gasteiger partial charge on any atom is -0.508 e. The number of aromatic nitrogens is 2. The van der Waals surface area contributed by atoms with Gasteiger partial charge in [-0.25, -0.2) is 9.97 Å². The Kier molecular flexibility index (Phi) is 6.62. The summed E-state index contributed by atoms with van der Waals surface area (Å²) in [4.78, 5) is 13.8. The molecule has 2 N–H and O–H groups in total. The lowest BCUT2D eigenvalue weighted by molar-refractivity contribution is -0.968. The first-order valence-corrected chi connectivity index (χ1v) is 14.0. The average molecular weight is 495 g/mol. The van der Waals surface area contributed by atoms with Crippen LogP contribution in [-0.4, -0.2) is 78.1 Å². The van der Waals surface area contributed by atoms with Crippen LogP contribution in [0.4, 0.5) is 5.82 Å². The molecule has 3 fully saturated rings. The topological polar surface area (TPSA) is 70.5 Å². The van der Waals surface area contributed by atoms with E-state index in [1.807, 2.05) is 23.5 Å². The molecular formula is C27H36N5O2S+. The molecule has 7 nitrogen and oxygen atoms in total. The molecule has 3 aromatic rings. The molecule has 0 aliphatic carbocycles. The molecule has 0 amide bonds. The maximum Gasteiger partial charge on any atom is 0.162 e. The fourth-order valence-electron chi connectivity index (χ4n) is 6.26. The zero-order valence-corrected chi connectivity index (χ0v) is 21.2. The van der Waals surface area contributed by atoms with Crippen LogP contribution < -0.4 is 10.2 Å². The molecule has 186 valence electrons. The standard InChI is InChI=1S/C27H35N5O2S/c33-22-6-4-5-20(17-22)26-29-24-18-23(35-25(24)27(30-26)31-11-15-34-16-12-31)19-32(13-2-1-3-14-32)21-7-9-28-10-8-21/h4-6,17-18,21,28H,1-3,7-16,19H2/p+1. The molecule has 1 aromatic carbocycles. The third-order valence-corrected chi connectivity index (χ3v) is 9.19. The van der Waals surface area contributed by atoms with Crippen molar-refractivity contribution in [2.24, 2.45) is 0 Å². The summed E-state index contributed by atoms with van der Waals surface area (Å²) >= 11 is 1.89. The Bertz CT molecular complexity index is 1160. The van der Waals surface area contributed by atoms with E-state index in [0.29, 0.717) is 5.82 Å². The molecule has 0 spiro atoms. The number of ether oxygens (including phenoxy) is 1. The normalized spacial score (nSPS) is 21.4. The third-order valence-electron chi connectivity index (χ3n) is 8.08. The Morgan fingerprint density at radius 3 is 2.63 bits per heavy atom. The number of hydrogen-bond acceptors (Lipinski definition) is 7. The van der Waals surface area contributed by atoms with Crippen molar-refractivity contribution < 1.29 is 14.3 Å². The lowest BCUT2D eigenvalue weighted by Crippen LogP contribution is -2.59. The van der Waals surface area contributed by atoms with E-state index in [2.05, 4.69) is 16.3 Å². The van der Waals surface area contributed by atoms with E-state index in [0.717, 1.165) is 68.9 Å². The molecule has 6 rings (SSSR count). The van der Waals surface area contributed by atoms with Crippen LogP contribution in [0.1, 0.15) is 37.0 Å². The molecule has 0 atom stereocenters. The van der Waals surface area contributed by atoms with Gasteiger partial charge in [0.25, 0.3) is 0 Å². The molecule has 0 bridgehead atoms. The maximum atomic E-state index is 10.1. The summed E-state index contributed by atoms with van der Waals surface area (Å²) in [7, 11) is 0. The number of fused-ring (bicyclic) bond motifs is 1. The van der Waals surface area contributed by atoms with Gasteiger partial charge in [0.1, 0.15) is 12.3 Å². The number of benzene rings is 1. The lowest BCUT2D eigenvalue weighted by atomic mass is 9.96. The zero-order valence-electron chi connectivity index (χ0n) is 20.4. The van der Waals surface area contributed by atoms with Crippen molar-refractivity contribution in [3.05, 3.63) is 35.2 Å². The van der Waals surface area contributed by atoms with E-state index >= 15 is 0 Å². The van der Waals surface area contributed by atoms with Crippen molar-refractivity contribution >= 4 is 27.4 Å². The first-order valence-electron chi connectivity index (χ1n) is 13.2. The van der Waals surface area contributed by atoms with E-state index in [1.54, 1.807) is 12.1 Å². The van der Waals surface area contributed by atoms with E-state index in [9.17, 15) is 5.11 Å². The minimum atomic E-state index is 0.239. The summed E-state index contributed by atoms with van der Waals surface area (Å²) in [5, 5.41) is 13.6. The Hall–Kier alpha value is -2.26. The SMILES string of the molecule is Oc1cccc(-c2nc(N3CCOCC3)c3sc(C[N+]4(C5CCNCC5)CCCCC4)cc3n2)c1. The van der Waals surface area contributed by atoms with Gasteiger partial charge in [-0.2, -0.15) is 0 Å². The van der Waals surface area contributed by atoms with Crippen molar-refractivity contribution in [2.75, 3.05) is 57.4 Å². The number of rotatable bonds is 5. The number of morpholine rings is 1. The summed E-state index contributed by atoms with van der Waals surface area (Å²) in [6.07, 6.45) is 6.62. The van der Waals surface area contributed by atoms with Crippen LogP contribution >= 0.6 is 11.3 Å². The number of piperidine rings is 2. The quantitative estimate of drug-likeness (QED) is 0.519. The highest BCUT2D eigenvalue weighted by molar-refractivity contribution is 7.19. The van der Waals surface area contributed by atoms with Crippen LogP contribution in [0.2, 0.25) is 0 Å². The maximum absolute atomic E-state index is 10.1. The van der Waals surface area contributed by atoms with Crippen LogP contribution in [0.5, 0.6) is 5.75 Å². The molecule has 3 aliphatic rings. The van der Waals surface area contributed by atoms with Crippen LogP contribution in [0.3, 0.4) is 0 Å². The summed E-state index contributed by atoms with van der Waals surface area (Å²) in [5.74, 6) is 1.93. The predicted molar refractivity (Wildman–Crippen MR) is 141 cm³/mol. The summed E-state index contributed by atoms with van der Waals surface area (Å²) in [6, 6.07) is 10.4. The van der Waals surface area contributed by atoms with Gasteiger partial charge in [-0.05, 0) is 37.5 Å². The van der Waals surface area contributed by atoms with Crippen molar-refractivity contribution in [2.45, 2.75) is 44.7 Å². The lowest BCUT2D eigenvalue weighted by Gasteiger charge is -2.48. The second-order valence-corrected chi connectivity index (χ2v) is 11.5. The number of hydrogen-bond donors (Lipinski definition) is 2. The van der Waals surface area contributed by atoms with Crippen LogP contribution in [0.25, 0.3) is 21.6 Å². The number of thiophene rings is 1. The number of phenols is 1. The van der Waals surface area contributed by atoms with Crippen LogP contribution in [0, 0.1) is 0 Å². The van der Waals surface area contributed by atoms with Gasteiger partial charge < -0.3 is 24.5 Å². The Morgan fingerprint density at radius 2 is 1.86 bits per heavy atom. The van der Waals surface area contributed by atoms with E-state index in [-0.39, 0.29) is 5.75 Å². The largest absolute Gasteiger partial charge is 0.508 e. The minimum absolute atomic E-state index is 0.239. The summed E-state index contributed by atoms with van der Waals surface area (Å²) < 4.78 is 8.06. The molecule has 0 unspecified atom stereocenters. The van der Waals surface area contributed by atoms with Gasteiger partial charge in [-0.15, -0.1) is 11.3 Å². The van der Waals surface area contributed by atoms with Crippen LogP contribution in [0.15, 0.2) is 30.3 Å². The molecular weight excluding hydrogens is 458 g/mol. The molecule has 5 heterocycles. The van der Waals surface area contributed by atoms with Gasteiger partial charge in [0.2, 0.25) is 0 Å². The monoisotopic (exact) mass is 494 g/mol. The van der Waals surface area contributed by atoms with Crippen LogP contribution in [-0.2, 0) is 11.3 Å². The van der Waals surface area contributed by atoms with Gasteiger partial charge in [-0.1, -0.05) is 12.1 Å². The third kappa shape index (κ3) is 4.77. The molecule has 0 saturated carbocycles. The number of quaternary nitrogens is 1.